The van der Waals surface area contributed by atoms with Gasteiger partial charge in [-0.25, -0.2) is 8.42 Å². The number of likely N-dealkylation sites (tertiary alicyclic amines) is 1. The van der Waals surface area contributed by atoms with E-state index < -0.39 is 15.8 Å². The number of sulfone groups is 1. The Labute approximate surface area is 130 Å². The third-order valence-electron chi connectivity index (χ3n) is 3.70. The van der Waals surface area contributed by atoms with E-state index in [1.54, 1.807) is 29.2 Å². The van der Waals surface area contributed by atoms with Gasteiger partial charge in [-0.05, 0) is 37.1 Å². The fourth-order valence-corrected chi connectivity index (χ4v) is 3.57. The van der Waals surface area contributed by atoms with Gasteiger partial charge in [0.2, 0.25) is 0 Å². The predicted octanol–water partition coefficient (Wildman–Crippen LogP) is 1.26. The second-order valence-corrected chi connectivity index (χ2v) is 7.76. The van der Waals surface area contributed by atoms with Crippen molar-refractivity contribution in [2.45, 2.75) is 25.0 Å². The molecule has 120 valence electrons. The number of piperidine rings is 1. The largest absolute Gasteiger partial charge is 0.427 e. The zero-order valence-electron chi connectivity index (χ0n) is 12.6. The van der Waals surface area contributed by atoms with Gasteiger partial charge in [-0.2, -0.15) is 0 Å². The van der Waals surface area contributed by atoms with Crippen LogP contribution in [0.1, 0.15) is 30.1 Å². The SMILES string of the molecule is CC(=O)Oc1ccc(C(=O)N2CCC(S(C)(=O)=O)CC2)cc1. The van der Waals surface area contributed by atoms with Crippen LogP contribution >= 0.6 is 0 Å². The smallest absolute Gasteiger partial charge is 0.308 e. The third-order valence-corrected chi connectivity index (χ3v) is 5.38. The Morgan fingerprint density at radius 1 is 1.14 bits per heavy atom. The number of hydrogen-bond acceptors (Lipinski definition) is 5. The Kier molecular flexibility index (Phi) is 4.85. The number of benzene rings is 1. The fourth-order valence-electron chi connectivity index (χ4n) is 2.50. The van der Waals surface area contributed by atoms with Crippen molar-refractivity contribution in [1.29, 1.82) is 0 Å². The van der Waals surface area contributed by atoms with Crippen LogP contribution in [0, 0.1) is 0 Å². The molecule has 0 bridgehead atoms. The van der Waals surface area contributed by atoms with E-state index in [1.807, 2.05) is 0 Å². The van der Waals surface area contributed by atoms with E-state index in [2.05, 4.69) is 0 Å². The first-order valence-corrected chi connectivity index (χ1v) is 8.99. The molecule has 1 amide bonds. The van der Waals surface area contributed by atoms with Crippen LogP contribution in [0.15, 0.2) is 24.3 Å². The molecule has 6 nitrogen and oxygen atoms in total. The first-order chi connectivity index (χ1) is 10.3. The Morgan fingerprint density at radius 2 is 1.68 bits per heavy atom. The highest BCUT2D eigenvalue weighted by Gasteiger charge is 2.29. The van der Waals surface area contributed by atoms with Crippen molar-refractivity contribution < 1.29 is 22.7 Å². The van der Waals surface area contributed by atoms with Crippen LogP contribution in [0.4, 0.5) is 0 Å². The van der Waals surface area contributed by atoms with Gasteiger partial charge in [0.05, 0.1) is 5.25 Å². The number of amides is 1. The lowest BCUT2D eigenvalue weighted by Gasteiger charge is -2.31. The standard InChI is InChI=1S/C15H19NO5S/c1-11(17)21-13-5-3-12(4-6-13)15(18)16-9-7-14(8-10-16)22(2,19)20/h3-6,14H,7-10H2,1-2H3. The van der Waals surface area contributed by atoms with Gasteiger partial charge in [-0.1, -0.05) is 0 Å². The summed E-state index contributed by atoms with van der Waals surface area (Å²) in [6, 6.07) is 6.34. The maximum absolute atomic E-state index is 12.4. The van der Waals surface area contributed by atoms with Crippen molar-refractivity contribution >= 4 is 21.7 Å². The molecule has 1 saturated heterocycles. The number of rotatable bonds is 3. The van der Waals surface area contributed by atoms with Crippen LogP contribution in [0.3, 0.4) is 0 Å². The van der Waals surface area contributed by atoms with E-state index >= 15 is 0 Å². The molecular formula is C15H19NO5S. The first-order valence-electron chi connectivity index (χ1n) is 7.04. The lowest BCUT2D eigenvalue weighted by Crippen LogP contribution is -2.42. The average Bonchev–Trinajstić information content (AvgIpc) is 2.46. The maximum atomic E-state index is 12.4. The van der Waals surface area contributed by atoms with Gasteiger partial charge < -0.3 is 9.64 Å². The molecule has 1 aliphatic rings. The molecule has 0 radical (unpaired) electrons. The lowest BCUT2D eigenvalue weighted by atomic mass is 10.1. The number of carbonyl (C=O) groups excluding carboxylic acids is 2. The van der Waals surface area contributed by atoms with Crippen LogP contribution in [-0.2, 0) is 14.6 Å². The number of nitrogens with zero attached hydrogens (tertiary/aromatic N) is 1. The van der Waals surface area contributed by atoms with Crippen LogP contribution in [0.25, 0.3) is 0 Å². The number of esters is 1. The monoisotopic (exact) mass is 325 g/mol. The summed E-state index contributed by atoms with van der Waals surface area (Å²) in [5, 5.41) is -0.358. The summed E-state index contributed by atoms with van der Waals surface area (Å²) in [5.41, 5.74) is 0.494. The van der Waals surface area contributed by atoms with Gasteiger partial charge in [-0.3, -0.25) is 9.59 Å². The Hall–Kier alpha value is -1.89. The van der Waals surface area contributed by atoms with Crippen LogP contribution in [0.5, 0.6) is 5.75 Å². The zero-order chi connectivity index (χ0) is 16.3. The van der Waals surface area contributed by atoms with E-state index in [-0.39, 0.29) is 11.2 Å². The van der Waals surface area contributed by atoms with Gasteiger partial charge in [-0.15, -0.1) is 0 Å². The van der Waals surface area contributed by atoms with Crippen LogP contribution in [-0.4, -0.2) is 49.8 Å². The highest BCUT2D eigenvalue weighted by Crippen LogP contribution is 2.20. The molecule has 22 heavy (non-hydrogen) atoms. The molecule has 0 aliphatic carbocycles. The highest BCUT2D eigenvalue weighted by molar-refractivity contribution is 7.91. The summed E-state index contributed by atoms with van der Waals surface area (Å²) in [4.78, 5) is 24.9. The summed E-state index contributed by atoms with van der Waals surface area (Å²) in [6.07, 6.45) is 2.18. The number of carbonyl (C=O) groups is 2. The summed E-state index contributed by atoms with van der Waals surface area (Å²) < 4.78 is 27.9. The molecule has 0 saturated carbocycles. The topological polar surface area (TPSA) is 80.8 Å². The average molecular weight is 325 g/mol. The fraction of sp³-hybridized carbons (Fsp3) is 0.467. The Morgan fingerprint density at radius 3 is 2.14 bits per heavy atom. The maximum Gasteiger partial charge on any atom is 0.308 e. The van der Waals surface area contributed by atoms with E-state index in [4.69, 9.17) is 4.74 Å². The van der Waals surface area contributed by atoms with Crippen LogP contribution in [0.2, 0.25) is 0 Å². The minimum Gasteiger partial charge on any atom is -0.427 e. The molecule has 0 spiro atoms. The molecule has 1 aromatic rings. The quantitative estimate of drug-likeness (QED) is 0.617. The lowest BCUT2D eigenvalue weighted by molar-refractivity contribution is -0.131. The summed E-state index contributed by atoms with van der Waals surface area (Å²) >= 11 is 0. The van der Waals surface area contributed by atoms with Gasteiger partial charge in [0.25, 0.3) is 5.91 Å². The molecule has 0 aromatic heterocycles. The van der Waals surface area contributed by atoms with Crippen molar-refractivity contribution in [2.75, 3.05) is 19.3 Å². The molecular weight excluding hydrogens is 306 g/mol. The van der Waals surface area contributed by atoms with Crippen LogP contribution < -0.4 is 4.74 Å². The second kappa shape index (κ2) is 6.48. The van der Waals surface area contributed by atoms with Gasteiger partial charge in [0.1, 0.15) is 15.6 Å². The van der Waals surface area contributed by atoms with E-state index in [0.717, 1.165) is 0 Å². The minimum absolute atomic E-state index is 0.138. The molecule has 0 atom stereocenters. The summed E-state index contributed by atoms with van der Waals surface area (Å²) in [5.74, 6) is -0.164. The molecule has 2 rings (SSSR count). The van der Waals surface area contributed by atoms with Crippen molar-refractivity contribution in [3.8, 4) is 5.75 Å². The van der Waals surface area contributed by atoms with E-state index in [9.17, 15) is 18.0 Å². The third kappa shape index (κ3) is 4.07. The molecule has 7 heteroatoms. The van der Waals surface area contributed by atoms with E-state index in [1.165, 1.54) is 13.2 Å². The Bertz CT molecular complexity index is 658. The number of hydrogen-bond donors (Lipinski definition) is 0. The zero-order valence-corrected chi connectivity index (χ0v) is 13.4. The molecule has 1 fully saturated rings. The molecule has 1 aliphatic heterocycles. The number of ether oxygens (including phenoxy) is 1. The molecule has 1 aromatic carbocycles. The van der Waals surface area contributed by atoms with Crippen molar-refractivity contribution in [1.82, 2.24) is 4.90 Å². The second-order valence-electron chi connectivity index (χ2n) is 5.44. The van der Waals surface area contributed by atoms with E-state index in [0.29, 0.717) is 37.2 Å². The predicted molar refractivity (Wildman–Crippen MR) is 81.5 cm³/mol. The Balaban J connectivity index is 1.99. The van der Waals surface area contributed by atoms with Gasteiger partial charge >= 0.3 is 5.97 Å². The first kappa shape index (κ1) is 16.5. The van der Waals surface area contributed by atoms with Crippen molar-refractivity contribution in [3.63, 3.8) is 0 Å². The minimum atomic E-state index is -3.04. The normalized spacial score (nSPS) is 16.4. The van der Waals surface area contributed by atoms with Crippen molar-refractivity contribution in [3.05, 3.63) is 29.8 Å². The van der Waals surface area contributed by atoms with Gasteiger partial charge in [0.15, 0.2) is 0 Å². The molecule has 1 heterocycles. The highest BCUT2D eigenvalue weighted by atomic mass is 32.2. The molecule has 0 N–H and O–H groups in total. The van der Waals surface area contributed by atoms with Crippen molar-refractivity contribution in [2.24, 2.45) is 0 Å². The van der Waals surface area contributed by atoms with Gasteiger partial charge in [0, 0.05) is 31.8 Å². The summed E-state index contributed by atoms with van der Waals surface area (Å²) in [6.45, 7) is 2.18. The molecule has 0 unspecified atom stereocenters. The summed E-state index contributed by atoms with van der Waals surface area (Å²) in [7, 11) is -3.04.